The van der Waals surface area contributed by atoms with E-state index >= 15 is 0 Å². The molecule has 0 heterocycles. The quantitative estimate of drug-likeness (QED) is 0.809. The highest BCUT2D eigenvalue weighted by Gasteiger charge is 2.30. The Kier molecular flexibility index (Phi) is 3.01. The SMILES string of the molecule is NS(=O)(=O)c1ccccc1[C@H]1CCC[C@@H]1O. The Labute approximate surface area is 95.1 Å². The van der Waals surface area contributed by atoms with Crippen LogP contribution in [-0.4, -0.2) is 19.6 Å². The summed E-state index contributed by atoms with van der Waals surface area (Å²) in [6.45, 7) is 0. The monoisotopic (exact) mass is 241 g/mol. The van der Waals surface area contributed by atoms with E-state index in [-0.39, 0.29) is 10.8 Å². The van der Waals surface area contributed by atoms with Gasteiger partial charge in [0, 0.05) is 5.92 Å². The first kappa shape index (κ1) is 11.6. The summed E-state index contributed by atoms with van der Waals surface area (Å²) in [4.78, 5) is 0.140. The lowest BCUT2D eigenvalue weighted by Gasteiger charge is -2.17. The Morgan fingerprint density at radius 1 is 1.25 bits per heavy atom. The van der Waals surface area contributed by atoms with Crippen molar-refractivity contribution in [2.24, 2.45) is 5.14 Å². The number of aliphatic hydroxyl groups excluding tert-OH is 1. The molecule has 1 aromatic rings. The van der Waals surface area contributed by atoms with E-state index in [1.54, 1.807) is 18.2 Å². The molecule has 1 aliphatic rings. The number of hydrogen-bond acceptors (Lipinski definition) is 3. The van der Waals surface area contributed by atoms with Gasteiger partial charge in [-0.05, 0) is 24.5 Å². The van der Waals surface area contributed by atoms with E-state index in [4.69, 9.17) is 5.14 Å². The van der Waals surface area contributed by atoms with Crippen LogP contribution in [0.1, 0.15) is 30.7 Å². The number of benzene rings is 1. The molecular formula is C11H15NO3S. The lowest BCUT2D eigenvalue weighted by molar-refractivity contribution is 0.163. The molecule has 0 unspecified atom stereocenters. The summed E-state index contributed by atoms with van der Waals surface area (Å²) < 4.78 is 22.8. The molecule has 5 heteroatoms. The van der Waals surface area contributed by atoms with Crippen LogP contribution >= 0.6 is 0 Å². The molecule has 1 aliphatic carbocycles. The number of primary sulfonamides is 1. The van der Waals surface area contributed by atoms with Gasteiger partial charge in [-0.2, -0.15) is 0 Å². The minimum atomic E-state index is -3.71. The zero-order chi connectivity index (χ0) is 11.8. The number of nitrogens with two attached hydrogens (primary N) is 1. The molecule has 0 aliphatic heterocycles. The Balaban J connectivity index is 2.48. The van der Waals surface area contributed by atoms with Crippen molar-refractivity contribution in [1.82, 2.24) is 0 Å². The summed E-state index contributed by atoms with van der Waals surface area (Å²) in [5, 5.41) is 15.0. The minimum Gasteiger partial charge on any atom is -0.392 e. The Morgan fingerprint density at radius 3 is 2.50 bits per heavy atom. The van der Waals surface area contributed by atoms with Gasteiger partial charge in [-0.1, -0.05) is 24.6 Å². The van der Waals surface area contributed by atoms with E-state index in [1.165, 1.54) is 6.07 Å². The van der Waals surface area contributed by atoms with Gasteiger partial charge in [0.25, 0.3) is 0 Å². The molecule has 0 aromatic heterocycles. The fourth-order valence-corrected chi connectivity index (χ4v) is 3.17. The first-order valence-electron chi connectivity index (χ1n) is 5.30. The van der Waals surface area contributed by atoms with Crippen molar-refractivity contribution >= 4 is 10.0 Å². The predicted molar refractivity (Wildman–Crippen MR) is 60.4 cm³/mol. The van der Waals surface area contributed by atoms with Crippen molar-refractivity contribution in [2.45, 2.75) is 36.2 Å². The zero-order valence-electron chi connectivity index (χ0n) is 8.83. The van der Waals surface area contributed by atoms with E-state index in [9.17, 15) is 13.5 Å². The minimum absolute atomic E-state index is 0.102. The van der Waals surface area contributed by atoms with Gasteiger partial charge in [0.15, 0.2) is 0 Å². The number of sulfonamides is 1. The molecule has 1 aromatic carbocycles. The van der Waals surface area contributed by atoms with Gasteiger partial charge in [0.2, 0.25) is 10.0 Å². The maximum absolute atomic E-state index is 11.4. The van der Waals surface area contributed by atoms with Gasteiger partial charge < -0.3 is 5.11 Å². The third-order valence-electron chi connectivity index (χ3n) is 3.10. The summed E-state index contributed by atoms with van der Waals surface area (Å²) in [5.41, 5.74) is 0.648. The third kappa shape index (κ3) is 2.11. The van der Waals surface area contributed by atoms with Gasteiger partial charge >= 0.3 is 0 Å². The van der Waals surface area contributed by atoms with Crippen LogP contribution in [0.4, 0.5) is 0 Å². The number of hydrogen-bond donors (Lipinski definition) is 2. The van der Waals surface area contributed by atoms with Crippen molar-refractivity contribution in [3.63, 3.8) is 0 Å². The summed E-state index contributed by atoms with van der Waals surface area (Å²) in [5.74, 6) is -0.102. The summed E-state index contributed by atoms with van der Waals surface area (Å²) >= 11 is 0. The first-order valence-corrected chi connectivity index (χ1v) is 6.84. The van der Waals surface area contributed by atoms with Gasteiger partial charge in [-0.15, -0.1) is 0 Å². The maximum Gasteiger partial charge on any atom is 0.238 e. The summed E-state index contributed by atoms with van der Waals surface area (Å²) in [6.07, 6.45) is 2.00. The molecule has 0 radical (unpaired) electrons. The zero-order valence-corrected chi connectivity index (χ0v) is 9.65. The Morgan fingerprint density at radius 2 is 1.94 bits per heavy atom. The largest absolute Gasteiger partial charge is 0.392 e. The van der Waals surface area contributed by atoms with Gasteiger partial charge in [0.1, 0.15) is 0 Å². The van der Waals surface area contributed by atoms with Crippen LogP contribution in [0, 0.1) is 0 Å². The van der Waals surface area contributed by atoms with Crippen LogP contribution in [0.15, 0.2) is 29.2 Å². The molecule has 0 saturated heterocycles. The molecule has 16 heavy (non-hydrogen) atoms. The smallest absolute Gasteiger partial charge is 0.238 e. The third-order valence-corrected chi connectivity index (χ3v) is 4.09. The molecular weight excluding hydrogens is 226 g/mol. The fourth-order valence-electron chi connectivity index (χ4n) is 2.35. The Bertz CT molecular complexity index is 484. The van der Waals surface area contributed by atoms with Crippen molar-refractivity contribution in [1.29, 1.82) is 0 Å². The second-order valence-corrected chi connectivity index (χ2v) is 5.72. The van der Waals surface area contributed by atoms with Crippen LogP contribution in [0.25, 0.3) is 0 Å². The molecule has 0 bridgehead atoms. The first-order chi connectivity index (χ1) is 7.50. The van der Waals surface area contributed by atoms with E-state index in [2.05, 4.69) is 0 Å². The van der Waals surface area contributed by atoms with Crippen LogP contribution in [0.2, 0.25) is 0 Å². The number of aliphatic hydroxyl groups is 1. The summed E-state index contributed by atoms with van der Waals surface area (Å²) in [6, 6.07) is 6.65. The van der Waals surface area contributed by atoms with E-state index < -0.39 is 16.1 Å². The van der Waals surface area contributed by atoms with Crippen molar-refractivity contribution in [3.8, 4) is 0 Å². The van der Waals surface area contributed by atoms with Crippen molar-refractivity contribution in [2.75, 3.05) is 0 Å². The van der Waals surface area contributed by atoms with Gasteiger partial charge in [-0.3, -0.25) is 0 Å². The average molecular weight is 241 g/mol. The maximum atomic E-state index is 11.4. The second kappa shape index (κ2) is 4.16. The van der Waals surface area contributed by atoms with Crippen molar-refractivity contribution < 1.29 is 13.5 Å². The highest BCUT2D eigenvalue weighted by molar-refractivity contribution is 7.89. The van der Waals surface area contributed by atoms with Crippen LogP contribution in [0.3, 0.4) is 0 Å². The van der Waals surface area contributed by atoms with Crippen LogP contribution in [-0.2, 0) is 10.0 Å². The topological polar surface area (TPSA) is 80.4 Å². The van der Waals surface area contributed by atoms with Crippen LogP contribution in [0.5, 0.6) is 0 Å². The second-order valence-electron chi connectivity index (χ2n) is 4.19. The molecule has 88 valence electrons. The molecule has 3 N–H and O–H groups in total. The lowest BCUT2D eigenvalue weighted by Crippen LogP contribution is -2.19. The molecule has 4 nitrogen and oxygen atoms in total. The molecule has 0 amide bonds. The molecule has 1 fully saturated rings. The molecule has 0 spiro atoms. The molecule has 2 atom stereocenters. The number of rotatable bonds is 2. The average Bonchev–Trinajstić information content (AvgIpc) is 2.63. The van der Waals surface area contributed by atoms with E-state index in [0.717, 1.165) is 19.3 Å². The Hall–Kier alpha value is -0.910. The van der Waals surface area contributed by atoms with Gasteiger partial charge in [0.05, 0.1) is 11.0 Å². The standard InChI is InChI=1S/C11H15NO3S/c12-16(14,15)11-7-2-1-4-9(11)8-5-3-6-10(8)13/h1-2,4,7-8,10,13H,3,5-6H2,(H2,12,14,15)/t8-,10+/m1/s1. The van der Waals surface area contributed by atoms with Crippen molar-refractivity contribution in [3.05, 3.63) is 29.8 Å². The molecule has 1 saturated carbocycles. The highest BCUT2D eigenvalue weighted by atomic mass is 32.2. The lowest BCUT2D eigenvalue weighted by atomic mass is 9.96. The summed E-state index contributed by atoms with van der Waals surface area (Å²) in [7, 11) is -3.71. The normalized spacial score (nSPS) is 25.9. The van der Waals surface area contributed by atoms with E-state index in [1.807, 2.05) is 0 Å². The van der Waals surface area contributed by atoms with Gasteiger partial charge in [-0.25, -0.2) is 13.6 Å². The predicted octanol–water partition coefficient (Wildman–Crippen LogP) is 0.962. The molecule has 2 rings (SSSR count). The fraction of sp³-hybridized carbons (Fsp3) is 0.455. The van der Waals surface area contributed by atoms with Crippen LogP contribution < -0.4 is 5.14 Å². The van der Waals surface area contributed by atoms with E-state index in [0.29, 0.717) is 5.56 Å². The highest BCUT2D eigenvalue weighted by Crippen LogP contribution is 2.37.